The van der Waals surface area contributed by atoms with Gasteiger partial charge in [-0.1, -0.05) is 32.4 Å². The first-order valence-electron chi connectivity index (χ1n) is 6.89. The van der Waals surface area contributed by atoms with Crippen LogP contribution in [0, 0.1) is 0 Å². The molecule has 100 valence electrons. The van der Waals surface area contributed by atoms with Crippen LogP contribution >= 0.6 is 11.3 Å². The molecule has 18 heavy (non-hydrogen) atoms. The van der Waals surface area contributed by atoms with E-state index in [1.165, 1.54) is 36.4 Å². The highest BCUT2D eigenvalue weighted by molar-refractivity contribution is 7.09. The maximum absolute atomic E-state index is 4.69. The van der Waals surface area contributed by atoms with E-state index in [1.807, 2.05) is 0 Å². The highest BCUT2D eigenvalue weighted by Crippen LogP contribution is 2.24. The molecule has 0 saturated heterocycles. The fourth-order valence-corrected chi connectivity index (χ4v) is 3.14. The van der Waals surface area contributed by atoms with Crippen molar-refractivity contribution in [3.05, 3.63) is 27.7 Å². The number of hydrogen-bond acceptors (Lipinski definition) is 3. The Kier molecular flexibility index (Phi) is 4.57. The molecule has 0 aliphatic heterocycles. The quantitative estimate of drug-likeness (QED) is 0.641. The zero-order valence-electron chi connectivity index (χ0n) is 11.8. The van der Waals surface area contributed by atoms with Crippen molar-refractivity contribution in [1.29, 1.82) is 0 Å². The van der Waals surface area contributed by atoms with E-state index in [0.717, 1.165) is 13.1 Å². The van der Waals surface area contributed by atoms with Crippen LogP contribution < -0.4 is 5.32 Å². The van der Waals surface area contributed by atoms with E-state index < -0.39 is 0 Å². The second kappa shape index (κ2) is 5.98. The average molecular weight is 264 g/mol. The zero-order valence-corrected chi connectivity index (χ0v) is 12.6. The molecule has 1 aromatic heterocycles. The third-order valence-corrected chi connectivity index (χ3v) is 4.20. The van der Waals surface area contributed by atoms with Crippen molar-refractivity contribution in [3.63, 3.8) is 0 Å². The zero-order chi connectivity index (χ0) is 13.0. The molecule has 0 saturated carbocycles. The number of nitrogens with zero attached hydrogens (tertiary/aromatic N) is 1. The van der Waals surface area contributed by atoms with Crippen LogP contribution in [-0.4, -0.2) is 11.5 Å². The van der Waals surface area contributed by atoms with Gasteiger partial charge >= 0.3 is 0 Å². The van der Waals surface area contributed by atoms with Crippen LogP contribution in [0.3, 0.4) is 0 Å². The molecule has 0 bridgehead atoms. The minimum Gasteiger partial charge on any atom is -0.310 e. The largest absolute Gasteiger partial charge is 0.310 e. The van der Waals surface area contributed by atoms with Gasteiger partial charge in [-0.2, -0.15) is 0 Å². The number of aromatic nitrogens is 1. The molecule has 2 rings (SSSR count). The predicted octanol–water partition coefficient (Wildman–Crippen LogP) is 4.03. The van der Waals surface area contributed by atoms with Crippen molar-refractivity contribution in [2.45, 2.75) is 58.4 Å². The maximum Gasteiger partial charge on any atom is 0.107 e. The van der Waals surface area contributed by atoms with E-state index >= 15 is 0 Å². The fraction of sp³-hybridized carbons (Fsp3) is 0.667. The first kappa shape index (κ1) is 13.8. The Morgan fingerprint density at radius 2 is 2.22 bits per heavy atom. The van der Waals surface area contributed by atoms with Crippen LogP contribution in [0.25, 0.3) is 0 Å². The molecule has 1 aliphatic rings. The lowest BCUT2D eigenvalue weighted by molar-refractivity contribution is 0.568. The van der Waals surface area contributed by atoms with Crippen molar-refractivity contribution in [3.8, 4) is 0 Å². The van der Waals surface area contributed by atoms with E-state index in [0.29, 0.717) is 0 Å². The third kappa shape index (κ3) is 3.92. The molecule has 0 atom stereocenters. The first-order chi connectivity index (χ1) is 8.55. The van der Waals surface area contributed by atoms with Crippen LogP contribution in [0.5, 0.6) is 0 Å². The number of rotatable bonds is 5. The predicted molar refractivity (Wildman–Crippen MR) is 79.1 cm³/mol. The standard InChI is InChI=1S/C15H24N2S/c1-15(2,3)13-11-18-14(17-13)10-16-9-8-12-6-4-5-7-12/h6,11,16H,4-5,7-10H2,1-3H3. The molecule has 1 aromatic rings. The van der Waals surface area contributed by atoms with Gasteiger partial charge in [0.05, 0.1) is 5.69 Å². The Morgan fingerprint density at radius 3 is 2.83 bits per heavy atom. The summed E-state index contributed by atoms with van der Waals surface area (Å²) in [4.78, 5) is 4.69. The lowest BCUT2D eigenvalue weighted by atomic mass is 9.93. The van der Waals surface area contributed by atoms with Gasteiger partial charge in [0.1, 0.15) is 5.01 Å². The monoisotopic (exact) mass is 264 g/mol. The van der Waals surface area contributed by atoms with Gasteiger partial charge in [-0.05, 0) is 32.2 Å². The summed E-state index contributed by atoms with van der Waals surface area (Å²) < 4.78 is 0. The molecule has 3 heteroatoms. The Labute approximate surface area is 115 Å². The highest BCUT2D eigenvalue weighted by Gasteiger charge is 2.17. The van der Waals surface area contributed by atoms with Gasteiger partial charge in [0, 0.05) is 17.3 Å². The maximum atomic E-state index is 4.69. The number of nitrogens with one attached hydrogen (secondary N) is 1. The van der Waals surface area contributed by atoms with Gasteiger partial charge in [0.15, 0.2) is 0 Å². The van der Waals surface area contributed by atoms with Crippen LogP contribution in [0.1, 0.15) is 57.2 Å². The number of thiazole rings is 1. The highest BCUT2D eigenvalue weighted by atomic mass is 32.1. The molecule has 0 unspecified atom stereocenters. The minimum atomic E-state index is 0.170. The normalized spacial score (nSPS) is 16.1. The summed E-state index contributed by atoms with van der Waals surface area (Å²) in [5.74, 6) is 0. The summed E-state index contributed by atoms with van der Waals surface area (Å²) in [5, 5.41) is 6.90. The molecule has 1 N–H and O–H groups in total. The fourth-order valence-electron chi connectivity index (χ4n) is 2.15. The summed E-state index contributed by atoms with van der Waals surface area (Å²) in [6.07, 6.45) is 7.57. The van der Waals surface area contributed by atoms with Gasteiger partial charge in [-0.3, -0.25) is 0 Å². The van der Waals surface area contributed by atoms with Crippen molar-refractivity contribution in [1.82, 2.24) is 10.3 Å². The molecular weight excluding hydrogens is 240 g/mol. The van der Waals surface area contributed by atoms with Crippen molar-refractivity contribution < 1.29 is 0 Å². The van der Waals surface area contributed by atoms with Crippen LogP contribution in [0.4, 0.5) is 0 Å². The molecule has 1 heterocycles. The van der Waals surface area contributed by atoms with Gasteiger partial charge in [0.2, 0.25) is 0 Å². The smallest absolute Gasteiger partial charge is 0.107 e. The van der Waals surface area contributed by atoms with E-state index in [2.05, 4.69) is 37.5 Å². The lowest BCUT2D eigenvalue weighted by Crippen LogP contribution is -2.16. The van der Waals surface area contributed by atoms with Crippen molar-refractivity contribution >= 4 is 11.3 Å². The summed E-state index contributed by atoms with van der Waals surface area (Å²) >= 11 is 1.77. The number of allylic oxidation sites excluding steroid dienone is 1. The van der Waals surface area contributed by atoms with E-state index in [9.17, 15) is 0 Å². The first-order valence-corrected chi connectivity index (χ1v) is 7.77. The van der Waals surface area contributed by atoms with E-state index in [-0.39, 0.29) is 5.41 Å². The Hall–Kier alpha value is -0.670. The summed E-state index contributed by atoms with van der Waals surface area (Å²) in [5.41, 5.74) is 3.02. The van der Waals surface area contributed by atoms with Crippen molar-refractivity contribution in [2.24, 2.45) is 0 Å². The Balaban J connectivity index is 1.71. The van der Waals surface area contributed by atoms with Crippen LogP contribution in [0.2, 0.25) is 0 Å². The number of hydrogen-bond donors (Lipinski definition) is 1. The van der Waals surface area contributed by atoms with Crippen LogP contribution in [0.15, 0.2) is 17.0 Å². The van der Waals surface area contributed by atoms with Crippen molar-refractivity contribution in [2.75, 3.05) is 6.54 Å². The van der Waals surface area contributed by atoms with Gasteiger partial charge < -0.3 is 5.32 Å². The summed E-state index contributed by atoms with van der Waals surface area (Å²) in [6.45, 7) is 8.63. The second-order valence-corrected chi connectivity index (χ2v) is 7.00. The molecular formula is C15H24N2S. The average Bonchev–Trinajstić information content (AvgIpc) is 2.95. The minimum absolute atomic E-state index is 0.170. The SMILES string of the molecule is CC(C)(C)c1csc(CNCCC2=CCCC2)n1. The van der Waals surface area contributed by atoms with E-state index in [1.54, 1.807) is 16.9 Å². The molecule has 0 fully saturated rings. The molecule has 0 spiro atoms. The van der Waals surface area contributed by atoms with E-state index in [4.69, 9.17) is 4.98 Å². The molecule has 0 aromatic carbocycles. The summed E-state index contributed by atoms with van der Waals surface area (Å²) in [7, 11) is 0. The third-order valence-electron chi connectivity index (χ3n) is 3.35. The second-order valence-electron chi connectivity index (χ2n) is 6.06. The Morgan fingerprint density at radius 1 is 1.39 bits per heavy atom. The Bertz CT molecular complexity index is 412. The molecule has 1 aliphatic carbocycles. The molecule has 0 radical (unpaired) electrons. The van der Waals surface area contributed by atoms with Crippen LogP contribution in [-0.2, 0) is 12.0 Å². The van der Waals surface area contributed by atoms with Gasteiger partial charge in [-0.15, -0.1) is 11.3 Å². The molecule has 0 amide bonds. The van der Waals surface area contributed by atoms with Gasteiger partial charge in [-0.25, -0.2) is 4.98 Å². The van der Waals surface area contributed by atoms with Gasteiger partial charge in [0.25, 0.3) is 0 Å². The topological polar surface area (TPSA) is 24.9 Å². The lowest BCUT2D eigenvalue weighted by Gasteiger charge is -2.14. The molecule has 2 nitrogen and oxygen atoms in total. The summed E-state index contributed by atoms with van der Waals surface area (Å²) in [6, 6.07) is 0.